The lowest BCUT2D eigenvalue weighted by Crippen LogP contribution is -2.32. The predicted octanol–water partition coefficient (Wildman–Crippen LogP) is 6.50. The molecule has 2 saturated carbocycles. The van der Waals surface area contributed by atoms with Crippen molar-refractivity contribution < 1.29 is 0 Å². The average molecular weight is 386 g/mol. The van der Waals surface area contributed by atoms with Crippen molar-refractivity contribution in [3.8, 4) is 0 Å². The van der Waals surface area contributed by atoms with Crippen LogP contribution >= 0.6 is 11.3 Å². The van der Waals surface area contributed by atoms with E-state index in [1.165, 1.54) is 80.1 Å². The number of rotatable bonds is 4. The van der Waals surface area contributed by atoms with Gasteiger partial charge in [0.05, 0.1) is 5.69 Å². The second-order valence-corrected chi connectivity index (χ2v) is 10.7. The Balaban J connectivity index is 1.53. The van der Waals surface area contributed by atoms with Gasteiger partial charge in [0.1, 0.15) is 10.7 Å². The normalized spacial score (nSPS) is 24.2. The van der Waals surface area contributed by atoms with Gasteiger partial charge in [0.2, 0.25) is 0 Å². The van der Waals surface area contributed by atoms with E-state index >= 15 is 0 Å². The highest BCUT2D eigenvalue weighted by molar-refractivity contribution is 7.18. The van der Waals surface area contributed by atoms with Gasteiger partial charge in [0.15, 0.2) is 0 Å². The van der Waals surface area contributed by atoms with Crippen molar-refractivity contribution in [1.82, 2.24) is 15.3 Å². The fourth-order valence-corrected chi connectivity index (χ4v) is 6.39. The third-order valence-electron chi connectivity index (χ3n) is 6.62. The highest BCUT2D eigenvalue weighted by atomic mass is 32.1. The quantitative estimate of drug-likeness (QED) is 0.611. The zero-order valence-corrected chi connectivity index (χ0v) is 18.1. The van der Waals surface area contributed by atoms with Crippen LogP contribution in [0.1, 0.15) is 100 Å². The summed E-state index contributed by atoms with van der Waals surface area (Å²) in [6, 6.07) is 3.04. The van der Waals surface area contributed by atoms with E-state index in [0.29, 0.717) is 11.5 Å². The van der Waals surface area contributed by atoms with E-state index in [9.17, 15) is 0 Å². The summed E-state index contributed by atoms with van der Waals surface area (Å²) in [6.45, 7) is 7.77. The van der Waals surface area contributed by atoms with Crippen molar-refractivity contribution in [2.45, 2.75) is 103 Å². The van der Waals surface area contributed by atoms with Gasteiger partial charge in [0.25, 0.3) is 0 Å². The van der Waals surface area contributed by atoms with Crippen LogP contribution in [0, 0.1) is 12.3 Å². The van der Waals surface area contributed by atoms with E-state index in [4.69, 9.17) is 9.97 Å². The summed E-state index contributed by atoms with van der Waals surface area (Å²) in [6.07, 6.45) is 13.5. The van der Waals surface area contributed by atoms with Crippen LogP contribution in [0.15, 0.2) is 6.07 Å². The highest BCUT2D eigenvalue weighted by Crippen LogP contribution is 2.39. The molecule has 3 nitrogen and oxygen atoms in total. The Morgan fingerprint density at radius 2 is 1.85 bits per heavy atom. The van der Waals surface area contributed by atoms with Gasteiger partial charge in [-0.15, -0.1) is 11.3 Å². The van der Waals surface area contributed by atoms with E-state index < -0.39 is 0 Å². The highest BCUT2D eigenvalue weighted by Gasteiger charge is 2.26. The second kappa shape index (κ2) is 8.16. The third-order valence-corrected chi connectivity index (χ3v) is 7.81. The molecule has 0 bridgehead atoms. The number of thiophene rings is 1. The van der Waals surface area contributed by atoms with E-state index in [-0.39, 0.29) is 0 Å². The van der Waals surface area contributed by atoms with Crippen LogP contribution in [-0.4, -0.2) is 16.0 Å². The number of aromatic nitrogens is 2. The van der Waals surface area contributed by atoms with E-state index in [1.54, 1.807) is 4.88 Å². The molecule has 1 atom stereocenters. The van der Waals surface area contributed by atoms with Crippen LogP contribution in [0.4, 0.5) is 0 Å². The topological polar surface area (TPSA) is 37.8 Å². The van der Waals surface area contributed by atoms with Gasteiger partial charge in [-0.3, -0.25) is 0 Å². The molecule has 2 heterocycles. The molecule has 2 aromatic rings. The monoisotopic (exact) mass is 385 g/mol. The molecule has 27 heavy (non-hydrogen) atoms. The Morgan fingerprint density at radius 1 is 1.07 bits per heavy atom. The summed E-state index contributed by atoms with van der Waals surface area (Å²) in [4.78, 5) is 12.3. The minimum Gasteiger partial charge on any atom is -0.308 e. The van der Waals surface area contributed by atoms with Gasteiger partial charge in [-0.25, -0.2) is 9.97 Å². The maximum absolute atomic E-state index is 4.84. The Hall–Kier alpha value is -1.00. The summed E-state index contributed by atoms with van der Waals surface area (Å²) < 4.78 is 0. The Morgan fingerprint density at radius 3 is 2.67 bits per heavy atom. The van der Waals surface area contributed by atoms with E-state index in [1.807, 2.05) is 18.3 Å². The summed E-state index contributed by atoms with van der Waals surface area (Å²) in [5.41, 5.74) is 1.67. The lowest BCUT2D eigenvalue weighted by atomic mass is 9.83. The summed E-state index contributed by atoms with van der Waals surface area (Å²) in [5, 5.41) is 5.15. The molecule has 1 N–H and O–H groups in total. The van der Waals surface area contributed by atoms with Crippen LogP contribution in [0.5, 0.6) is 0 Å². The first-order valence-corrected chi connectivity index (χ1v) is 11.8. The fraction of sp³-hybridized carbons (Fsp3) is 0.739. The Bertz CT molecular complexity index is 773. The van der Waals surface area contributed by atoms with Crippen LogP contribution in [0.25, 0.3) is 10.2 Å². The van der Waals surface area contributed by atoms with Crippen molar-refractivity contribution in [3.63, 3.8) is 0 Å². The van der Waals surface area contributed by atoms with Gasteiger partial charge in [-0.1, -0.05) is 46.0 Å². The first kappa shape index (κ1) is 19.3. The zero-order chi connectivity index (χ0) is 18.9. The molecule has 0 radical (unpaired) electrons. The van der Waals surface area contributed by atoms with Gasteiger partial charge >= 0.3 is 0 Å². The second-order valence-electron chi connectivity index (χ2n) is 9.61. The standard InChI is InChI=1S/C23H35N3S/c1-16-25-20(15-24-18-11-7-8-12-23(2,3)14-18)19-13-21(27-22(19)26-16)17-9-5-4-6-10-17/h13,17-18,24H,4-12,14-15H2,1-3H3. The molecule has 0 saturated heterocycles. The summed E-state index contributed by atoms with van der Waals surface area (Å²) >= 11 is 1.92. The number of hydrogen-bond donors (Lipinski definition) is 1. The fourth-order valence-electron chi connectivity index (χ4n) is 5.12. The Labute approximate surface area is 168 Å². The molecule has 2 aliphatic carbocycles. The summed E-state index contributed by atoms with van der Waals surface area (Å²) in [5.74, 6) is 1.67. The molecule has 148 valence electrons. The van der Waals surface area contributed by atoms with E-state index in [2.05, 4.69) is 25.2 Å². The number of fused-ring (bicyclic) bond motifs is 1. The molecular formula is C23H35N3S. The predicted molar refractivity (Wildman–Crippen MR) is 115 cm³/mol. The molecule has 0 amide bonds. The lowest BCUT2D eigenvalue weighted by molar-refractivity contribution is 0.278. The van der Waals surface area contributed by atoms with Crippen LogP contribution < -0.4 is 5.32 Å². The molecule has 2 fully saturated rings. The molecule has 4 heteroatoms. The first-order valence-electron chi connectivity index (χ1n) is 11.0. The van der Waals surface area contributed by atoms with Crippen molar-refractivity contribution >= 4 is 21.6 Å². The molecule has 2 aromatic heterocycles. The van der Waals surface area contributed by atoms with Gasteiger partial charge in [-0.2, -0.15) is 0 Å². The van der Waals surface area contributed by atoms with Crippen LogP contribution in [-0.2, 0) is 6.54 Å². The number of hydrogen-bond acceptors (Lipinski definition) is 4. The smallest absolute Gasteiger partial charge is 0.127 e. The SMILES string of the molecule is Cc1nc(CNC2CCCCC(C)(C)C2)c2cc(C3CCCCC3)sc2n1. The first-order chi connectivity index (χ1) is 13.0. The third kappa shape index (κ3) is 4.71. The molecule has 1 unspecified atom stereocenters. The molecule has 0 aliphatic heterocycles. The molecule has 4 rings (SSSR count). The Kier molecular flexibility index (Phi) is 5.84. The molecule has 0 spiro atoms. The zero-order valence-electron chi connectivity index (χ0n) is 17.3. The summed E-state index contributed by atoms with van der Waals surface area (Å²) in [7, 11) is 0. The average Bonchev–Trinajstić information content (AvgIpc) is 2.99. The van der Waals surface area contributed by atoms with Gasteiger partial charge in [-0.05, 0) is 56.4 Å². The molecule has 0 aromatic carbocycles. The number of nitrogens with zero attached hydrogens (tertiary/aromatic N) is 2. The van der Waals surface area contributed by atoms with E-state index in [0.717, 1.165) is 18.3 Å². The van der Waals surface area contributed by atoms with Crippen LogP contribution in [0.3, 0.4) is 0 Å². The van der Waals surface area contributed by atoms with Gasteiger partial charge < -0.3 is 5.32 Å². The maximum atomic E-state index is 4.84. The minimum atomic E-state index is 0.460. The number of nitrogens with one attached hydrogen (secondary N) is 1. The maximum Gasteiger partial charge on any atom is 0.127 e. The van der Waals surface area contributed by atoms with Crippen molar-refractivity contribution in [2.24, 2.45) is 5.41 Å². The van der Waals surface area contributed by atoms with Crippen molar-refractivity contribution in [2.75, 3.05) is 0 Å². The lowest BCUT2D eigenvalue weighted by Gasteiger charge is -2.27. The minimum absolute atomic E-state index is 0.460. The van der Waals surface area contributed by atoms with Gasteiger partial charge in [0, 0.05) is 22.8 Å². The number of aryl methyl sites for hydroxylation is 1. The van der Waals surface area contributed by atoms with Crippen LogP contribution in [0.2, 0.25) is 0 Å². The van der Waals surface area contributed by atoms with Crippen molar-refractivity contribution in [3.05, 3.63) is 22.5 Å². The molecular weight excluding hydrogens is 350 g/mol. The molecule has 2 aliphatic rings. The largest absolute Gasteiger partial charge is 0.308 e. The van der Waals surface area contributed by atoms with Crippen molar-refractivity contribution in [1.29, 1.82) is 0 Å².